The zero-order valence-electron chi connectivity index (χ0n) is 11.4. The van der Waals surface area contributed by atoms with E-state index >= 15 is 0 Å². The molecule has 0 bridgehead atoms. The highest BCUT2D eigenvalue weighted by molar-refractivity contribution is 9.10. The number of nitrogens with zero attached hydrogens (tertiary/aromatic N) is 1. The fourth-order valence-corrected chi connectivity index (χ4v) is 3.10. The summed E-state index contributed by atoms with van der Waals surface area (Å²) in [6, 6.07) is 8.12. The Hall–Kier alpha value is -0.870. The van der Waals surface area contributed by atoms with E-state index in [9.17, 15) is 4.79 Å². The van der Waals surface area contributed by atoms with Gasteiger partial charge in [0.2, 0.25) is 5.91 Å². The molecule has 1 N–H and O–H groups in total. The number of likely N-dealkylation sites (tertiary alicyclic amines) is 1. The molecule has 4 heteroatoms. The van der Waals surface area contributed by atoms with Crippen molar-refractivity contribution in [3.63, 3.8) is 0 Å². The summed E-state index contributed by atoms with van der Waals surface area (Å²) >= 11 is 3.53. The van der Waals surface area contributed by atoms with Gasteiger partial charge in [0.25, 0.3) is 0 Å². The quantitative estimate of drug-likeness (QED) is 0.902. The lowest BCUT2D eigenvalue weighted by Gasteiger charge is -2.16. The molecule has 1 saturated heterocycles. The van der Waals surface area contributed by atoms with Gasteiger partial charge >= 0.3 is 0 Å². The van der Waals surface area contributed by atoms with Crippen molar-refractivity contribution in [2.45, 2.75) is 19.3 Å². The second-order valence-electron chi connectivity index (χ2n) is 5.14. The molecule has 1 amide bonds. The lowest BCUT2D eigenvalue weighted by atomic mass is 10.1. The Morgan fingerprint density at radius 3 is 3.00 bits per heavy atom. The van der Waals surface area contributed by atoms with Crippen LogP contribution in [0.3, 0.4) is 0 Å². The molecule has 104 valence electrons. The number of hydrogen-bond donors (Lipinski definition) is 1. The largest absolute Gasteiger partial charge is 0.342 e. The first-order valence-corrected chi connectivity index (χ1v) is 7.65. The van der Waals surface area contributed by atoms with Crippen LogP contribution in [0.15, 0.2) is 28.7 Å². The maximum Gasteiger partial charge on any atom is 0.222 e. The molecule has 1 aromatic carbocycles. The van der Waals surface area contributed by atoms with Crippen molar-refractivity contribution in [1.82, 2.24) is 10.2 Å². The first-order chi connectivity index (χ1) is 9.20. The fourth-order valence-electron chi connectivity index (χ4n) is 2.62. The highest BCUT2D eigenvalue weighted by Crippen LogP contribution is 2.20. The molecule has 19 heavy (non-hydrogen) atoms. The molecule has 1 aliphatic heterocycles. The van der Waals surface area contributed by atoms with Crippen LogP contribution in [0.25, 0.3) is 0 Å². The van der Waals surface area contributed by atoms with Crippen molar-refractivity contribution in [3.05, 3.63) is 34.3 Å². The van der Waals surface area contributed by atoms with E-state index in [0.717, 1.165) is 36.9 Å². The monoisotopic (exact) mass is 324 g/mol. The number of benzene rings is 1. The van der Waals surface area contributed by atoms with E-state index in [4.69, 9.17) is 0 Å². The number of nitrogens with one attached hydrogen (secondary N) is 1. The summed E-state index contributed by atoms with van der Waals surface area (Å²) in [5.41, 5.74) is 1.21. The fraction of sp³-hybridized carbons (Fsp3) is 0.533. The van der Waals surface area contributed by atoms with Gasteiger partial charge in [0, 0.05) is 24.0 Å². The molecule has 1 heterocycles. The number of rotatable bonds is 5. The summed E-state index contributed by atoms with van der Waals surface area (Å²) in [6.07, 6.45) is 2.55. The molecule has 1 aliphatic rings. The predicted octanol–water partition coefficient (Wildman–Crippen LogP) is 2.45. The Labute approximate surface area is 123 Å². The molecule has 1 aromatic rings. The maximum atomic E-state index is 12.2. The van der Waals surface area contributed by atoms with Crippen LogP contribution in [0.4, 0.5) is 0 Å². The number of aryl methyl sites for hydroxylation is 1. The second kappa shape index (κ2) is 7.06. The summed E-state index contributed by atoms with van der Waals surface area (Å²) in [5, 5.41) is 3.19. The maximum absolute atomic E-state index is 12.2. The highest BCUT2D eigenvalue weighted by Gasteiger charge is 2.25. The first kappa shape index (κ1) is 14.5. The van der Waals surface area contributed by atoms with E-state index in [1.165, 1.54) is 5.56 Å². The van der Waals surface area contributed by atoms with Gasteiger partial charge in [0.15, 0.2) is 0 Å². The van der Waals surface area contributed by atoms with Gasteiger partial charge in [0.1, 0.15) is 0 Å². The number of amides is 1. The smallest absolute Gasteiger partial charge is 0.222 e. The number of halogens is 1. The average Bonchev–Trinajstić information content (AvgIpc) is 2.87. The van der Waals surface area contributed by atoms with Crippen LogP contribution in [0.1, 0.15) is 18.4 Å². The van der Waals surface area contributed by atoms with E-state index in [1.807, 2.05) is 30.1 Å². The summed E-state index contributed by atoms with van der Waals surface area (Å²) in [4.78, 5) is 14.2. The highest BCUT2D eigenvalue weighted by atomic mass is 79.9. The molecule has 0 saturated carbocycles. The molecule has 1 unspecified atom stereocenters. The molecular formula is C15H21BrN2O. The number of hydrogen-bond acceptors (Lipinski definition) is 2. The predicted molar refractivity (Wildman–Crippen MR) is 81.1 cm³/mol. The molecular weight excluding hydrogens is 304 g/mol. The third-order valence-electron chi connectivity index (χ3n) is 3.70. The minimum absolute atomic E-state index is 0.286. The van der Waals surface area contributed by atoms with Gasteiger partial charge in [-0.3, -0.25) is 4.79 Å². The van der Waals surface area contributed by atoms with Crippen molar-refractivity contribution in [3.8, 4) is 0 Å². The Bertz CT molecular complexity index is 436. The zero-order chi connectivity index (χ0) is 13.7. The average molecular weight is 325 g/mol. The summed E-state index contributed by atoms with van der Waals surface area (Å²) in [7, 11) is 1.97. The third-order valence-corrected chi connectivity index (χ3v) is 4.47. The van der Waals surface area contributed by atoms with E-state index in [0.29, 0.717) is 12.3 Å². The molecule has 2 rings (SSSR count). The van der Waals surface area contributed by atoms with E-state index in [2.05, 4.69) is 27.3 Å². The number of carbonyl (C=O) groups is 1. The molecule has 1 atom stereocenters. The van der Waals surface area contributed by atoms with Crippen LogP contribution in [0.5, 0.6) is 0 Å². The van der Waals surface area contributed by atoms with Crippen LogP contribution in [0.2, 0.25) is 0 Å². The normalized spacial score (nSPS) is 18.8. The van der Waals surface area contributed by atoms with Gasteiger partial charge in [-0.2, -0.15) is 0 Å². The van der Waals surface area contributed by atoms with E-state index < -0.39 is 0 Å². The van der Waals surface area contributed by atoms with Gasteiger partial charge in [-0.05, 0) is 44.0 Å². The molecule has 0 aromatic heterocycles. The van der Waals surface area contributed by atoms with Crippen molar-refractivity contribution >= 4 is 21.8 Å². The molecule has 3 nitrogen and oxygen atoms in total. The minimum Gasteiger partial charge on any atom is -0.342 e. The van der Waals surface area contributed by atoms with Crippen LogP contribution >= 0.6 is 15.9 Å². The SMILES string of the molecule is CNCC1CCN(C(=O)CCc2ccccc2Br)C1. The summed E-state index contributed by atoms with van der Waals surface area (Å²) in [5.74, 6) is 0.909. The van der Waals surface area contributed by atoms with Crippen LogP contribution in [-0.4, -0.2) is 37.5 Å². The zero-order valence-corrected chi connectivity index (χ0v) is 12.9. The first-order valence-electron chi connectivity index (χ1n) is 6.86. The summed E-state index contributed by atoms with van der Waals surface area (Å²) in [6.45, 7) is 2.84. The standard InChI is InChI=1S/C15H21BrN2O/c1-17-10-12-8-9-18(11-12)15(19)7-6-13-4-2-3-5-14(13)16/h2-5,12,17H,6-11H2,1H3. The Morgan fingerprint density at radius 2 is 2.26 bits per heavy atom. The van der Waals surface area contributed by atoms with Gasteiger partial charge < -0.3 is 10.2 Å². The van der Waals surface area contributed by atoms with E-state index in [1.54, 1.807) is 0 Å². The topological polar surface area (TPSA) is 32.3 Å². The second-order valence-corrected chi connectivity index (χ2v) is 6.00. The van der Waals surface area contributed by atoms with Gasteiger partial charge in [0.05, 0.1) is 0 Å². The van der Waals surface area contributed by atoms with Gasteiger partial charge in [-0.1, -0.05) is 34.1 Å². The lowest BCUT2D eigenvalue weighted by molar-refractivity contribution is -0.130. The lowest BCUT2D eigenvalue weighted by Crippen LogP contribution is -2.30. The van der Waals surface area contributed by atoms with Crippen molar-refractivity contribution in [2.24, 2.45) is 5.92 Å². The third kappa shape index (κ3) is 4.05. The van der Waals surface area contributed by atoms with E-state index in [-0.39, 0.29) is 5.91 Å². The Kier molecular flexibility index (Phi) is 5.40. The van der Waals surface area contributed by atoms with Crippen molar-refractivity contribution < 1.29 is 4.79 Å². The molecule has 0 spiro atoms. The number of carbonyl (C=O) groups excluding carboxylic acids is 1. The molecule has 0 radical (unpaired) electrons. The molecule has 1 fully saturated rings. The van der Waals surface area contributed by atoms with Gasteiger partial charge in [-0.25, -0.2) is 0 Å². The Balaban J connectivity index is 1.81. The Morgan fingerprint density at radius 1 is 1.47 bits per heavy atom. The minimum atomic E-state index is 0.286. The molecule has 0 aliphatic carbocycles. The van der Waals surface area contributed by atoms with Crippen molar-refractivity contribution in [1.29, 1.82) is 0 Å². The van der Waals surface area contributed by atoms with Crippen LogP contribution in [0, 0.1) is 5.92 Å². The van der Waals surface area contributed by atoms with Crippen LogP contribution in [-0.2, 0) is 11.2 Å². The van der Waals surface area contributed by atoms with Gasteiger partial charge in [-0.15, -0.1) is 0 Å². The summed E-state index contributed by atoms with van der Waals surface area (Å²) < 4.78 is 1.09. The van der Waals surface area contributed by atoms with Crippen LogP contribution < -0.4 is 5.32 Å². The van der Waals surface area contributed by atoms with Crippen molar-refractivity contribution in [2.75, 3.05) is 26.7 Å².